The molecule has 0 radical (unpaired) electrons. The molecular formula is C11H13NOS. The predicted octanol–water partition coefficient (Wildman–Crippen LogP) is 1.84. The zero-order valence-corrected chi connectivity index (χ0v) is 8.77. The fourth-order valence-corrected chi connectivity index (χ4v) is 1.77. The van der Waals surface area contributed by atoms with Crippen molar-refractivity contribution in [2.24, 2.45) is 5.73 Å². The van der Waals surface area contributed by atoms with Crippen LogP contribution >= 0.6 is 12.2 Å². The van der Waals surface area contributed by atoms with Crippen LogP contribution in [-0.4, -0.2) is 11.6 Å². The van der Waals surface area contributed by atoms with Crippen molar-refractivity contribution >= 4 is 17.2 Å². The molecule has 0 unspecified atom stereocenters. The van der Waals surface area contributed by atoms with Gasteiger partial charge >= 0.3 is 0 Å². The summed E-state index contributed by atoms with van der Waals surface area (Å²) in [6.45, 7) is 0.814. The van der Waals surface area contributed by atoms with E-state index in [4.69, 9.17) is 22.7 Å². The lowest BCUT2D eigenvalue weighted by Crippen LogP contribution is -2.08. The van der Waals surface area contributed by atoms with E-state index in [0.717, 1.165) is 31.6 Å². The lowest BCUT2D eigenvalue weighted by atomic mass is 10.1. The maximum absolute atomic E-state index is 5.46. The number of ether oxygens (including phenoxy) is 1. The van der Waals surface area contributed by atoms with E-state index in [2.05, 4.69) is 12.1 Å². The van der Waals surface area contributed by atoms with Crippen LogP contribution < -0.4 is 10.5 Å². The maximum atomic E-state index is 5.46. The molecule has 0 saturated carbocycles. The molecule has 3 heteroatoms. The normalized spacial score (nSPS) is 13.4. The van der Waals surface area contributed by atoms with Gasteiger partial charge in [0.05, 0.1) is 11.6 Å². The summed E-state index contributed by atoms with van der Waals surface area (Å²) < 4.78 is 5.43. The molecule has 1 aromatic carbocycles. The zero-order chi connectivity index (χ0) is 9.97. The molecule has 2 rings (SSSR count). The molecule has 14 heavy (non-hydrogen) atoms. The third-order valence-electron chi connectivity index (χ3n) is 2.41. The van der Waals surface area contributed by atoms with Crippen LogP contribution in [0.4, 0.5) is 0 Å². The van der Waals surface area contributed by atoms with Crippen molar-refractivity contribution in [1.29, 1.82) is 0 Å². The molecule has 2 N–H and O–H groups in total. The van der Waals surface area contributed by atoms with Gasteiger partial charge in [0, 0.05) is 12.8 Å². The van der Waals surface area contributed by atoms with Gasteiger partial charge in [0.15, 0.2) is 0 Å². The van der Waals surface area contributed by atoms with Crippen LogP contribution in [0, 0.1) is 0 Å². The van der Waals surface area contributed by atoms with E-state index in [1.807, 2.05) is 6.07 Å². The fourth-order valence-electron chi connectivity index (χ4n) is 1.66. The number of rotatable bonds is 3. The van der Waals surface area contributed by atoms with E-state index in [9.17, 15) is 0 Å². The van der Waals surface area contributed by atoms with Crippen molar-refractivity contribution in [3.63, 3.8) is 0 Å². The lowest BCUT2D eigenvalue weighted by molar-refractivity contribution is 0.357. The highest BCUT2D eigenvalue weighted by Crippen LogP contribution is 2.26. The lowest BCUT2D eigenvalue weighted by Gasteiger charge is -2.03. The summed E-state index contributed by atoms with van der Waals surface area (Å²) in [6.07, 6.45) is 2.74. The number of benzene rings is 1. The molecule has 0 amide bonds. The summed E-state index contributed by atoms with van der Waals surface area (Å²) >= 11 is 4.85. The largest absolute Gasteiger partial charge is 0.493 e. The Morgan fingerprint density at radius 1 is 1.50 bits per heavy atom. The third kappa shape index (κ3) is 2.04. The molecule has 1 aliphatic heterocycles. The van der Waals surface area contributed by atoms with Gasteiger partial charge in [0.2, 0.25) is 0 Å². The van der Waals surface area contributed by atoms with Crippen molar-refractivity contribution in [1.82, 2.24) is 0 Å². The van der Waals surface area contributed by atoms with Crippen LogP contribution in [0.15, 0.2) is 18.2 Å². The molecule has 1 heterocycles. The van der Waals surface area contributed by atoms with Gasteiger partial charge in [-0.25, -0.2) is 0 Å². The van der Waals surface area contributed by atoms with Gasteiger partial charge in [0.1, 0.15) is 5.75 Å². The van der Waals surface area contributed by atoms with Crippen LogP contribution in [0.3, 0.4) is 0 Å². The van der Waals surface area contributed by atoms with Gasteiger partial charge in [-0.2, -0.15) is 0 Å². The third-order valence-corrected chi connectivity index (χ3v) is 2.62. The molecule has 2 nitrogen and oxygen atoms in total. The van der Waals surface area contributed by atoms with Crippen molar-refractivity contribution in [2.45, 2.75) is 19.3 Å². The van der Waals surface area contributed by atoms with E-state index in [-0.39, 0.29) is 0 Å². The highest BCUT2D eigenvalue weighted by molar-refractivity contribution is 7.80. The molecule has 0 aromatic heterocycles. The first-order valence-electron chi connectivity index (χ1n) is 4.78. The SMILES string of the molecule is NC(=S)CCc1ccc2c(c1)CCO2. The summed E-state index contributed by atoms with van der Waals surface area (Å²) in [5.41, 5.74) is 8.06. The Morgan fingerprint density at radius 2 is 2.36 bits per heavy atom. The molecule has 1 aromatic rings. The fraction of sp³-hybridized carbons (Fsp3) is 0.364. The first kappa shape index (κ1) is 9.46. The van der Waals surface area contributed by atoms with Crippen LogP contribution in [0.2, 0.25) is 0 Å². The number of hydrogen-bond donors (Lipinski definition) is 1. The smallest absolute Gasteiger partial charge is 0.122 e. The molecule has 74 valence electrons. The van der Waals surface area contributed by atoms with Gasteiger partial charge < -0.3 is 10.5 Å². The Kier molecular flexibility index (Phi) is 2.68. The number of hydrogen-bond acceptors (Lipinski definition) is 2. The first-order chi connectivity index (χ1) is 6.75. The van der Waals surface area contributed by atoms with Gasteiger partial charge in [-0.15, -0.1) is 0 Å². The van der Waals surface area contributed by atoms with Crippen molar-refractivity contribution in [2.75, 3.05) is 6.61 Å². The van der Waals surface area contributed by atoms with Crippen molar-refractivity contribution in [3.05, 3.63) is 29.3 Å². The summed E-state index contributed by atoms with van der Waals surface area (Å²) in [5, 5.41) is 0. The second kappa shape index (κ2) is 3.96. The van der Waals surface area contributed by atoms with E-state index >= 15 is 0 Å². The van der Waals surface area contributed by atoms with Crippen LogP contribution in [0.1, 0.15) is 17.5 Å². The number of aryl methyl sites for hydroxylation is 1. The van der Waals surface area contributed by atoms with E-state index in [0.29, 0.717) is 4.99 Å². The van der Waals surface area contributed by atoms with E-state index in [1.165, 1.54) is 11.1 Å². The Morgan fingerprint density at radius 3 is 3.14 bits per heavy atom. The Hall–Kier alpha value is -1.09. The first-order valence-corrected chi connectivity index (χ1v) is 5.19. The highest BCUT2D eigenvalue weighted by atomic mass is 32.1. The summed E-state index contributed by atoms with van der Waals surface area (Å²) in [4.78, 5) is 0.585. The molecule has 0 fully saturated rings. The second-order valence-corrected chi connectivity index (χ2v) is 4.03. The quantitative estimate of drug-likeness (QED) is 0.768. The monoisotopic (exact) mass is 207 g/mol. The standard InChI is InChI=1S/C11H13NOS/c12-11(14)4-2-8-1-3-10-9(7-8)5-6-13-10/h1,3,7H,2,4-6H2,(H2,12,14). The summed E-state index contributed by atoms with van der Waals surface area (Å²) in [7, 11) is 0. The maximum Gasteiger partial charge on any atom is 0.122 e. The Balaban J connectivity index is 2.09. The molecule has 0 spiro atoms. The predicted molar refractivity (Wildman–Crippen MR) is 60.7 cm³/mol. The molecule has 1 aliphatic rings. The minimum atomic E-state index is 0.585. The summed E-state index contributed by atoms with van der Waals surface area (Å²) in [5.74, 6) is 1.03. The van der Waals surface area contributed by atoms with Crippen molar-refractivity contribution in [3.8, 4) is 5.75 Å². The van der Waals surface area contributed by atoms with Crippen LogP contribution in [-0.2, 0) is 12.8 Å². The average Bonchev–Trinajstić information content (AvgIpc) is 2.61. The Labute approximate surface area is 89.1 Å². The molecular weight excluding hydrogens is 194 g/mol. The highest BCUT2D eigenvalue weighted by Gasteiger charge is 2.11. The number of fused-ring (bicyclic) bond motifs is 1. The molecule has 0 bridgehead atoms. The minimum absolute atomic E-state index is 0.585. The van der Waals surface area contributed by atoms with Crippen LogP contribution in [0.5, 0.6) is 5.75 Å². The van der Waals surface area contributed by atoms with Crippen LogP contribution in [0.25, 0.3) is 0 Å². The van der Waals surface area contributed by atoms with Gasteiger partial charge in [-0.3, -0.25) is 0 Å². The minimum Gasteiger partial charge on any atom is -0.493 e. The number of nitrogens with two attached hydrogens (primary N) is 1. The van der Waals surface area contributed by atoms with Gasteiger partial charge in [-0.05, 0) is 23.6 Å². The Bertz CT molecular complexity index is 362. The molecule has 0 saturated heterocycles. The van der Waals surface area contributed by atoms with E-state index in [1.54, 1.807) is 0 Å². The second-order valence-electron chi connectivity index (χ2n) is 3.51. The average molecular weight is 207 g/mol. The zero-order valence-electron chi connectivity index (χ0n) is 7.95. The van der Waals surface area contributed by atoms with Crippen molar-refractivity contribution < 1.29 is 4.74 Å². The van der Waals surface area contributed by atoms with E-state index < -0.39 is 0 Å². The summed E-state index contributed by atoms with van der Waals surface area (Å²) in [6, 6.07) is 6.32. The topological polar surface area (TPSA) is 35.2 Å². The molecule has 0 atom stereocenters. The van der Waals surface area contributed by atoms with Gasteiger partial charge in [0.25, 0.3) is 0 Å². The number of thiocarbonyl (C=S) groups is 1. The van der Waals surface area contributed by atoms with Gasteiger partial charge in [-0.1, -0.05) is 24.4 Å². The molecule has 0 aliphatic carbocycles.